The van der Waals surface area contributed by atoms with E-state index in [1.165, 1.54) is 94.9 Å². The number of carbonyl (C=O) groups is 13. The molecule has 0 unspecified atom stereocenters. The van der Waals surface area contributed by atoms with Crippen LogP contribution < -0.4 is 63.2 Å². The van der Waals surface area contributed by atoms with Crippen molar-refractivity contribution in [1.82, 2.24) is 73.4 Å². The monoisotopic (exact) mass is 1480 g/mol. The van der Waals surface area contributed by atoms with Crippen LogP contribution in [0.5, 0.6) is 5.75 Å². The van der Waals surface area contributed by atoms with E-state index in [0.717, 1.165) is 24.8 Å². The van der Waals surface area contributed by atoms with Gasteiger partial charge in [0.05, 0.1) is 37.4 Å². The molecule has 3 aromatic carbocycles. The molecule has 4 heterocycles. The second kappa shape index (κ2) is 38.5. The predicted molar refractivity (Wildman–Crippen MR) is 387 cm³/mol. The number of ether oxygens (including phenoxy) is 1. The number of carboxylic acid groups (broad SMARTS) is 1. The second-order valence-electron chi connectivity index (χ2n) is 26.9. The number of carbonyl (C=O) groups excluding carboxylic acids is 12. The lowest BCUT2D eigenvalue weighted by Crippen LogP contribution is -2.64. The van der Waals surface area contributed by atoms with Crippen LogP contribution in [0, 0.1) is 17.8 Å². The summed E-state index contributed by atoms with van der Waals surface area (Å²) in [5, 5.41) is 84.7. The average Bonchev–Trinajstić information content (AvgIpc) is 1.63. The van der Waals surface area contributed by atoms with E-state index >= 15 is 9.59 Å². The summed E-state index contributed by atoms with van der Waals surface area (Å²) in [6.45, 7) is 10.3. The molecule has 0 spiro atoms. The minimum Gasteiger partial charge on any atom is -0.497 e. The van der Waals surface area contributed by atoms with Gasteiger partial charge in [-0.25, -0.2) is 0 Å². The highest BCUT2D eigenvalue weighted by molar-refractivity contribution is 6.01. The number of hydrogen-bond acceptors (Lipinski definition) is 19. The number of hydrogen-bond donors (Lipinski definition) is 17. The number of aromatic nitrogens is 2. The molecule has 2 aliphatic rings. The summed E-state index contributed by atoms with van der Waals surface area (Å²) in [7, 11) is 1.38. The van der Waals surface area contributed by atoms with Gasteiger partial charge in [-0.15, -0.1) is 0 Å². The number of H-pyrrole nitrogens is 1. The van der Waals surface area contributed by atoms with E-state index in [1.807, 2.05) is 0 Å². The Morgan fingerprint density at radius 2 is 1.27 bits per heavy atom. The van der Waals surface area contributed by atoms with Crippen molar-refractivity contribution in [3.8, 4) is 5.75 Å². The van der Waals surface area contributed by atoms with Crippen molar-refractivity contribution in [1.29, 1.82) is 0 Å². The minimum absolute atomic E-state index is 0.0271. The van der Waals surface area contributed by atoms with Crippen molar-refractivity contribution in [2.75, 3.05) is 20.2 Å². The molecule has 12 amide bonds. The fourth-order valence-corrected chi connectivity index (χ4v) is 12.1. The van der Waals surface area contributed by atoms with Gasteiger partial charge in [0, 0.05) is 42.3 Å². The first-order chi connectivity index (χ1) is 50.8. The Balaban J connectivity index is 1.30. The molecular weight excluding hydrogens is 1390 g/mol. The molecule has 2 saturated heterocycles. The Kier molecular flexibility index (Phi) is 29.9. The van der Waals surface area contributed by atoms with E-state index in [0.29, 0.717) is 33.5 Å². The first kappa shape index (κ1) is 82.9. The molecule has 15 atom stereocenters. The highest BCUT2D eigenvalue weighted by atomic mass is 16.5. The summed E-state index contributed by atoms with van der Waals surface area (Å²) in [5.74, 6) is -18.3. The third kappa shape index (κ3) is 22.3. The number of allylic oxidation sites excluding steroid dienone is 1. The molecule has 2 aliphatic heterocycles. The molecule has 17 N–H and O–H groups in total. The van der Waals surface area contributed by atoms with Crippen LogP contribution in [0.1, 0.15) is 115 Å². The number of nitrogens with zero attached hydrogens (tertiary/aromatic N) is 2. The van der Waals surface area contributed by atoms with Gasteiger partial charge in [0.25, 0.3) is 5.91 Å². The number of aliphatic hydroxyl groups excluding tert-OH is 4. The standard InChI is InChI=1S/C74H94N14O19/c1-10-18-42-21-16-31-75-48(42)29-30-53(89)82-56-40(7)78-69(100)57(60(91)38(4)5)85-64(95)50(33-37(2)3)81-71(102)72(103)87-65(96)51(34-45-35-76-49-23-15-14-22-47(45)49)80-70(101)58(61(92)44-25-27-46(107-9)28-26-44)86-66(97)52-24-17-32-88(52)73(104)59(62(93)43-19-12-11-13-20-43)83-54(90)36-77-67(98)55(39(6)74(105)106)84-63(94)41(8)79-68(56)99/h10-16,18-23,25-31,35,37-41,50-52,55-62,72,76,91-93,103H,17,24,32-34,36H2,1-9H3,(H,77,98)(H,78,100)(H,79,99)(H,80,101)(H,81,102)(H,82,89)(H,83,90)(H,84,94)(H,85,95)(H,86,97)(H,87,96)(H,105,106)/b18-10-,30-29+/t39-,40+,41-,50+,51+,52-,55-,56-,57+,58-,59-,60-,61-,62-,72-/m0/s1. The second-order valence-corrected chi connectivity index (χ2v) is 26.9. The topological polar surface area (TPSA) is 497 Å². The number of benzene rings is 3. The molecule has 5 aromatic rings. The molecule has 2 aromatic heterocycles. The van der Waals surface area contributed by atoms with Gasteiger partial charge in [0.2, 0.25) is 71.2 Å². The van der Waals surface area contributed by atoms with Crippen molar-refractivity contribution in [3.05, 3.63) is 143 Å². The first-order valence-electron chi connectivity index (χ1n) is 34.9. The van der Waals surface area contributed by atoms with Gasteiger partial charge in [-0.3, -0.25) is 67.3 Å². The molecule has 33 heteroatoms. The number of aliphatic carboxylic acids is 1. The third-order valence-corrected chi connectivity index (χ3v) is 18.1. The number of methoxy groups -OCH3 is 1. The normalized spacial score (nSPS) is 24.8. The van der Waals surface area contributed by atoms with Crippen LogP contribution in [0.25, 0.3) is 23.1 Å². The number of aliphatic hydroxyl groups is 4. The lowest BCUT2D eigenvalue weighted by molar-refractivity contribution is -0.146. The number of rotatable bonds is 17. The largest absolute Gasteiger partial charge is 0.497 e. The zero-order valence-corrected chi connectivity index (χ0v) is 60.5. The van der Waals surface area contributed by atoms with Gasteiger partial charge in [0.15, 0.2) is 0 Å². The van der Waals surface area contributed by atoms with Gasteiger partial charge in [0.1, 0.15) is 72.3 Å². The van der Waals surface area contributed by atoms with Crippen LogP contribution in [-0.4, -0.2) is 210 Å². The van der Waals surface area contributed by atoms with Crippen molar-refractivity contribution < 1.29 is 92.6 Å². The zero-order chi connectivity index (χ0) is 78.5. The molecule has 574 valence electrons. The summed E-state index contributed by atoms with van der Waals surface area (Å²) in [5.41, 5.74) is 2.04. The van der Waals surface area contributed by atoms with Gasteiger partial charge >= 0.3 is 5.97 Å². The number of fused-ring (bicyclic) bond motifs is 2. The summed E-state index contributed by atoms with van der Waals surface area (Å²) >= 11 is 0. The molecule has 0 aliphatic carbocycles. The number of aromatic amines is 1. The van der Waals surface area contributed by atoms with E-state index in [-0.39, 0.29) is 36.9 Å². The molecule has 0 bridgehead atoms. The van der Waals surface area contributed by atoms with Crippen LogP contribution in [0.2, 0.25) is 0 Å². The van der Waals surface area contributed by atoms with Gasteiger partial charge in [-0.05, 0) is 111 Å². The van der Waals surface area contributed by atoms with Crippen molar-refractivity contribution in [2.45, 2.75) is 166 Å². The van der Waals surface area contributed by atoms with Gasteiger partial charge < -0.3 is 98.6 Å². The Hall–Kier alpha value is -11.4. The fourth-order valence-electron chi connectivity index (χ4n) is 12.1. The number of para-hydroxylation sites is 1. The SMILES string of the molecule is C/C=C\c1cccnc1/C=C/C(=O)N[C@@H]1C(=O)N[C@@H](C)C(=O)N[C@@H]([C@H](C)C(=O)O)C(=O)NCC(=O)N[C@@H]([C@@H](O)c2ccccc2)C(=O)N2CCC[C@H]2C(=O)N[C@@H]([C@@H](O)c2ccc(OC)cc2)C(=O)N[C@H](Cc2c[nH]c3ccccc23)C(=O)N[C@@H](O)C(=O)N[C@H](CC(C)C)C(=O)N[C@H]([C@@H](O)C(C)C)C(=O)N[C@@H]1C. The Morgan fingerprint density at radius 1 is 0.645 bits per heavy atom. The van der Waals surface area contributed by atoms with Crippen LogP contribution >= 0.6 is 0 Å². The summed E-state index contributed by atoms with van der Waals surface area (Å²) in [4.78, 5) is 195. The number of carboxylic acids is 1. The maximum atomic E-state index is 15.1. The third-order valence-electron chi connectivity index (χ3n) is 18.1. The predicted octanol–water partition coefficient (Wildman–Crippen LogP) is -0.930. The zero-order valence-electron chi connectivity index (χ0n) is 60.5. The van der Waals surface area contributed by atoms with Crippen molar-refractivity contribution in [2.24, 2.45) is 17.8 Å². The van der Waals surface area contributed by atoms with E-state index in [2.05, 4.69) is 68.5 Å². The van der Waals surface area contributed by atoms with Crippen molar-refractivity contribution in [3.63, 3.8) is 0 Å². The molecule has 2 fully saturated rings. The highest BCUT2D eigenvalue weighted by Gasteiger charge is 2.45. The first-order valence-corrected chi connectivity index (χ1v) is 34.9. The Bertz CT molecular complexity index is 4090. The number of pyridine rings is 1. The van der Waals surface area contributed by atoms with Crippen molar-refractivity contribution >= 4 is 99.9 Å². The maximum Gasteiger partial charge on any atom is 0.308 e. The summed E-state index contributed by atoms with van der Waals surface area (Å²) in [6, 6.07) is 5.46. The van der Waals surface area contributed by atoms with E-state index in [4.69, 9.17) is 4.74 Å². The molecule has 0 radical (unpaired) electrons. The van der Waals surface area contributed by atoms with Crippen LogP contribution in [0.3, 0.4) is 0 Å². The summed E-state index contributed by atoms with van der Waals surface area (Å²) in [6.07, 6.45) is 0.166. The minimum atomic E-state index is -2.51. The maximum absolute atomic E-state index is 15.1. The van der Waals surface area contributed by atoms with E-state index < -0.39 is 193 Å². The molecule has 33 nitrogen and oxygen atoms in total. The molecule has 7 rings (SSSR count). The molecule has 107 heavy (non-hydrogen) atoms. The summed E-state index contributed by atoms with van der Waals surface area (Å²) < 4.78 is 5.30. The van der Waals surface area contributed by atoms with Crippen LogP contribution in [-0.2, 0) is 68.7 Å². The Labute approximate surface area is 616 Å². The molecule has 0 saturated carbocycles. The molecular formula is C74H94N14O19. The Morgan fingerprint density at radius 3 is 1.93 bits per heavy atom. The fraction of sp³-hybridized carbons (Fsp3) is 0.432. The number of amides is 12. The lowest BCUT2D eigenvalue weighted by atomic mass is 9.96. The lowest BCUT2D eigenvalue weighted by Gasteiger charge is -2.33. The number of nitrogens with one attached hydrogen (secondary N) is 12. The smallest absolute Gasteiger partial charge is 0.308 e. The van der Waals surface area contributed by atoms with Gasteiger partial charge in [-0.1, -0.05) is 107 Å². The van der Waals surface area contributed by atoms with Crippen LogP contribution in [0.15, 0.2) is 116 Å². The van der Waals surface area contributed by atoms with Gasteiger partial charge in [-0.2, -0.15) is 0 Å². The van der Waals surface area contributed by atoms with E-state index in [9.17, 15) is 78.3 Å². The van der Waals surface area contributed by atoms with E-state index in [1.54, 1.807) is 75.4 Å². The quantitative estimate of drug-likeness (QED) is 0.0500. The van der Waals surface area contributed by atoms with Crippen LogP contribution in [0.4, 0.5) is 0 Å². The average molecular weight is 1480 g/mol. The highest BCUT2D eigenvalue weighted by Crippen LogP contribution is 2.27.